The lowest BCUT2D eigenvalue weighted by Gasteiger charge is -2.48. The van der Waals surface area contributed by atoms with Gasteiger partial charge in [0, 0.05) is 11.6 Å². The first-order chi connectivity index (χ1) is 9.03. The third-order valence-electron chi connectivity index (χ3n) is 5.14. The number of nitrogens with zero attached hydrogens (tertiary/aromatic N) is 1. The van der Waals surface area contributed by atoms with Gasteiger partial charge in [0.25, 0.3) is 0 Å². The molecule has 0 bridgehead atoms. The van der Waals surface area contributed by atoms with Crippen LogP contribution in [0.1, 0.15) is 64.7 Å². The van der Waals surface area contributed by atoms with E-state index in [9.17, 15) is 0 Å². The van der Waals surface area contributed by atoms with Gasteiger partial charge in [0.05, 0.1) is 0 Å². The number of likely N-dealkylation sites (N-methyl/N-ethyl adjacent to an activating group) is 1. The predicted molar refractivity (Wildman–Crippen MR) is 85.3 cm³/mol. The van der Waals surface area contributed by atoms with E-state index in [0.29, 0.717) is 6.04 Å². The monoisotopic (exact) mass is 266 g/mol. The van der Waals surface area contributed by atoms with Crippen LogP contribution in [0.4, 0.5) is 0 Å². The topological polar surface area (TPSA) is 29.3 Å². The predicted octanol–water partition coefficient (Wildman–Crippen LogP) is 3.96. The molecule has 1 aliphatic carbocycles. The van der Waals surface area contributed by atoms with Crippen molar-refractivity contribution in [1.82, 2.24) is 4.90 Å². The fraction of sp³-hybridized carbons (Fsp3) is 0.882. The molecule has 112 valence electrons. The third kappa shape index (κ3) is 4.61. The van der Waals surface area contributed by atoms with Crippen LogP contribution in [-0.4, -0.2) is 30.6 Å². The standard InChI is InChI=1S/C17H34N2/c1-5-6-7-8-9-10-16(18)17(19(3)4)13-11-15(2)12-14-17/h5,15-16H,1,6-14,18H2,2-4H3. The molecule has 2 heteroatoms. The minimum Gasteiger partial charge on any atom is -0.326 e. The molecule has 0 spiro atoms. The van der Waals surface area contributed by atoms with E-state index >= 15 is 0 Å². The van der Waals surface area contributed by atoms with Crippen molar-refractivity contribution in [2.24, 2.45) is 11.7 Å². The van der Waals surface area contributed by atoms with Gasteiger partial charge in [0.2, 0.25) is 0 Å². The molecular weight excluding hydrogens is 232 g/mol. The van der Waals surface area contributed by atoms with Gasteiger partial charge in [-0.05, 0) is 65.0 Å². The highest BCUT2D eigenvalue weighted by Gasteiger charge is 2.40. The lowest BCUT2D eigenvalue weighted by Crippen LogP contribution is -2.58. The number of hydrogen-bond acceptors (Lipinski definition) is 2. The molecule has 19 heavy (non-hydrogen) atoms. The van der Waals surface area contributed by atoms with Gasteiger partial charge in [-0.25, -0.2) is 0 Å². The van der Waals surface area contributed by atoms with Gasteiger partial charge in [0.15, 0.2) is 0 Å². The maximum absolute atomic E-state index is 6.58. The summed E-state index contributed by atoms with van der Waals surface area (Å²) in [5.41, 5.74) is 6.84. The van der Waals surface area contributed by atoms with Gasteiger partial charge in [-0.1, -0.05) is 25.8 Å². The van der Waals surface area contributed by atoms with Crippen LogP contribution >= 0.6 is 0 Å². The smallest absolute Gasteiger partial charge is 0.0354 e. The van der Waals surface area contributed by atoms with Crippen molar-refractivity contribution in [3.8, 4) is 0 Å². The molecule has 1 rings (SSSR count). The normalized spacial score (nSPS) is 29.4. The molecule has 2 nitrogen and oxygen atoms in total. The van der Waals surface area contributed by atoms with Crippen LogP contribution in [0.15, 0.2) is 12.7 Å². The molecular formula is C17H34N2. The largest absolute Gasteiger partial charge is 0.326 e. The van der Waals surface area contributed by atoms with Crippen molar-refractivity contribution in [3.05, 3.63) is 12.7 Å². The summed E-state index contributed by atoms with van der Waals surface area (Å²) in [6, 6.07) is 0.332. The van der Waals surface area contributed by atoms with E-state index in [4.69, 9.17) is 5.73 Å². The molecule has 0 saturated heterocycles. The Morgan fingerprint density at radius 3 is 2.42 bits per heavy atom. The van der Waals surface area contributed by atoms with Crippen LogP contribution in [0.2, 0.25) is 0 Å². The molecule has 0 aliphatic heterocycles. The second-order valence-corrected chi connectivity index (χ2v) is 6.71. The molecule has 0 amide bonds. The SMILES string of the molecule is C=CCCCCCC(N)C1(N(C)C)CCC(C)CC1. The van der Waals surface area contributed by atoms with Gasteiger partial charge in [0.1, 0.15) is 0 Å². The van der Waals surface area contributed by atoms with E-state index < -0.39 is 0 Å². The minimum atomic E-state index is 0.255. The van der Waals surface area contributed by atoms with E-state index in [2.05, 4.69) is 32.5 Å². The Morgan fingerprint density at radius 1 is 1.26 bits per heavy atom. The Bertz CT molecular complexity index is 252. The number of hydrogen-bond donors (Lipinski definition) is 1. The Balaban J connectivity index is 2.44. The molecule has 1 saturated carbocycles. The molecule has 2 N–H and O–H groups in total. The van der Waals surface area contributed by atoms with Crippen molar-refractivity contribution in [3.63, 3.8) is 0 Å². The average molecular weight is 266 g/mol. The van der Waals surface area contributed by atoms with E-state index in [1.54, 1.807) is 0 Å². The van der Waals surface area contributed by atoms with Gasteiger partial charge in [-0.2, -0.15) is 0 Å². The second kappa shape index (κ2) is 8.06. The molecule has 0 aromatic rings. The van der Waals surface area contributed by atoms with Crippen molar-refractivity contribution >= 4 is 0 Å². The Labute approximate surface area is 120 Å². The maximum Gasteiger partial charge on any atom is 0.0354 e. The molecule has 0 heterocycles. The van der Waals surface area contributed by atoms with E-state index in [1.807, 2.05) is 6.08 Å². The fourth-order valence-electron chi connectivity index (χ4n) is 3.51. The summed E-state index contributed by atoms with van der Waals surface area (Å²) in [5, 5.41) is 0. The zero-order valence-electron chi connectivity index (χ0n) is 13.3. The lowest BCUT2D eigenvalue weighted by molar-refractivity contribution is 0.0532. The van der Waals surface area contributed by atoms with Crippen molar-refractivity contribution in [1.29, 1.82) is 0 Å². The summed E-state index contributed by atoms with van der Waals surface area (Å²) in [6.45, 7) is 6.15. The van der Waals surface area contributed by atoms with Crippen LogP contribution in [-0.2, 0) is 0 Å². The summed E-state index contributed by atoms with van der Waals surface area (Å²) < 4.78 is 0. The van der Waals surface area contributed by atoms with Crippen LogP contribution in [0.5, 0.6) is 0 Å². The molecule has 0 aromatic carbocycles. The van der Waals surface area contributed by atoms with E-state index in [0.717, 1.165) is 12.3 Å². The highest BCUT2D eigenvalue weighted by Crippen LogP contribution is 2.38. The maximum atomic E-state index is 6.58. The molecule has 0 aromatic heterocycles. The van der Waals surface area contributed by atoms with Gasteiger partial charge in [-0.15, -0.1) is 6.58 Å². The zero-order chi connectivity index (χ0) is 14.3. The minimum absolute atomic E-state index is 0.255. The highest BCUT2D eigenvalue weighted by molar-refractivity contribution is 4.99. The number of allylic oxidation sites excluding steroid dienone is 1. The van der Waals surface area contributed by atoms with E-state index in [1.165, 1.54) is 51.4 Å². The van der Waals surface area contributed by atoms with E-state index in [-0.39, 0.29) is 5.54 Å². The lowest BCUT2D eigenvalue weighted by atomic mass is 9.71. The second-order valence-electron chi connectivity index (χ2n) is 6.71. The number of rotatable bonds is 8. The first-order valence-electron chi connectivity index (χ1n) is 8.07. The van der Waals surface area contributed by atoms with Crippen LogP contribution in [0.25, 0.3) is 0 Å². The Morgan fingerprint density at radius 2 is 1.89 bits per heavy atom. The van der Waals surface area contributed by atoms with Gasteiger partial charge >= 0.3 is 0 Å². The number of nitrogens with two attached hydrogens (primary N) is 1. The molecule has 1 fully saturated rings. The van der Waals surface area contributed by atoms with Crippen molar-refractivity contribution in [2.45, 2.75) is 76.3 Å². The van der Waals surface area contributed by atoms with Crippen molar-refractivity contribution < 1.29 is 0 Å². The Kier molecular flexibility index (Phi) is 7.09. The quantitative estimate of drug-likeness (QED) is 0.532. The molecule has 1 unspecified atom stereocenters. The zero-order valence-corrected chi connectivity index (χ0v) is 13.3. The first kappa shape index (κ1) is 16.7. The summed E-state index contributed by atoms with van der Waals surface area (Å²) in [7, 11) is 4.43. The van der Waals surface area contributed by atoms with Gasteiger partial charge in [-0.3, -0.25) is 0 Å². The van der Waals surface area contributed by atoms with Gasteiger partial charge < -0.3 is 10.6 Å². The third-order valence-corrected chi connectivity index (χ3v) is 5.14. The molecule has 0 radical (unpaired) electrons. The van der Waals surface area contributed by atoms with Crippen LogP contribution < -0.4 is 5.73 Å². The Hall–Kier alpha value is -0.340. The fourth-order valence-corrected chi connectivity index (χ4v) is 3.51. The average Bonchev–Trinajstić information content (AvgIpc) is 2.39. The van der Waals surface area contributed by atoms with Crippen molar-refractivity contribution in [2.75, 3.05) is 14.1 Å². The summed E-state index contributed by atoms with van der Waals surface area (Å²) in [5.74, 6) is 0.882. The highest BCUT2D eigenvalue weighted by atomic mass is 15.2. The molecule has 1 atom stereocenters. The summed E-state index contributed by atoms with van der Waals surface area (Å²) >= 11 is 0. The first-order valence-corrected chi connectivity index (χ1v) is 8.07. The van der Waals surface area contributed by atoms with Crippen LogP contribution in [0, 0.1) is 5.92 Å². The summed E-state index contributed by atoms with van der Waals surface area (Å²) in [6.07, 6.45) is 13.4. The molecule has 1 aliphatic rings. The summed E-state index contributed by atoms with van der Waals surface area (Å²) in [4.78, 5) is 2.41. The number of unbranched alkanes of at least 4 members (excludes halogenated alkanes) is 3. The van der Waals surface area contributed by atoms with Crippen LogP contribution in [0.3, 0.4) is 0 Å².